The Balaban J connectivity index is 1.47. The third-order valence-corrected chi connectivity index (χ3v) is 3.93. The maximum absolute atomic E-state index is 4.57. The lowest BCUT2D eigenvalue weighted by Gasteiger charge is -2.28. The van der Waals surface area contributed by atoms with Crippen LogP contribution >= 0.6 is 0 Å². The van der Waals surface area contributed by atoms with Gasteiger partial charge in [0.1, 0.15) is 18.5 Å². The number of fused-ring (bicyclic) bond motifs is 1. The van der Waals surface area contributed by atoms with Gasteiger partial charge in [-0.1, -0.05) is 6.07 Å². The van der Waals surface area contributed by atoms with Crippen molar-refractivity contribution in [3.63, 3.8) is 0 Å². The molecule has 112 valence electrons. The molecule has 7 nitrogen and oxygen atoms in total. The zero-order valence-corrected chi connectivity index (χ0v) is 12.2. The number of aromatic nitrogens is 6. The van der Waals surface area contributed by atoms with Crippen LogP contribution in [0, 0.1) is 0 Å². The summed E-state index contributed by atoms with van der Waals surface area (Å²) in [4.78, 5) is 15.3. The van der Waals surface area contributed by atoms with Gasteiger partial charge in [-0.05, 0) is 12.1 Å². The summed E-state index contributed by atoms with van der Waals surface area (Å²) in [7, 11) is 0. The van der Waals surface area contributed by atoms with Gasteiger partial charge in [0.2, 0.25) is 0 Å². The summed E-state index contributed by atoms with van der Waals surface area (Å²) in [5.74, 6) is 1.11. The van der Waals surface area contributed by atoms with E-state index in [1.54, 1.807) is 12.7 Å². The molecule has 0 amide bonds. The van der Waals surface area contributed by atoms with Gasteiger partial charge in [-0.3, -0.25) is 9.88 Å². The molecule has 0 saturated heterocycles. The monoisotopic (exact) mass is 295 g/mol. The molecule has 1 aliphatic heterocycles. The van der Waals surface area contributed by atoms with Crippen LogP contribution in [-0.2, 0) is 26.2 Å². The molecule has 3 aromatic heterocycles. The van der Waals surface area contributed by atoms with Crippen LogP contribution in [0.15, 0.2) is 43.2 Å². The fourth-order valence-corrected chi connectivity index (χ4v) is 2.84. The second-order valence-corrected chi connectivity index (χ2v) is 5.44. The summed E-state index contributed by atoms with van der Waals surface area (Å²) >= 11 is 0. The van der Waals surface area contributed by atoms with Crippen molar-refractivity contribution in [3.05, 3.63) is 60.5 Å². The van der Waals surface area contributed by atoms with Crippen LogP contribution in [0.2, 0.25) is 0 Å². The molecule has 7 heteroatoms. The first-order valence-electron chi connectivity index (χ1n) is 7.36. The van der Waals surface area contributed by atoms with E-state index in [4.69, 9.17) is 0 Å². The molecule has 1 aliphatic rings. The SMILES string of the molecule is c1ccc(CN2CCn3c(Cn4cncn4)cnc3C2)nc1. The average molecular weight is 295 g/mol. The summed E-state index contributed by atoms with van der Waals surface area (Å²) < 4.78 is 4.11. The number of hydrogen-bond acceptors (Lipinski definition) is 5. The molecule has 0 atom stereocenters. The highest BCUT2D eigenvalue weighted by atomic mass is 15.3. The van der Waals surface area contributed by atoms with Gasteiger partial charge in [0.25, 0.3) is 0 Å². The molecule has 3 aromatic rings. The second kappa shape index (κ2) is 5.69. The Labute approximate surface area is 128 Å². The molecule has 22 heavy (non-hydrogen) atoms. The minimum Gasteiger partial charge on any atom is -0.328 e. The van der Waals surface area contributed by atoms with Crippen LogP contribution in [0.5, 0.6) is 0 Å². The Hall–Kier alpha value is -2.54. The van der Waals surface area contributed by atoms with Gasteiger partial charge < -0.3 is 4.57 Å². The zero-order valence-electron chi connectivity index (χ0n) is 12.2. The van der Waals surface area contributed by atoms with E-state index in [1.165, 1.54) is 5.69 Å². The number of nitrogens with zero attached hydrogens (tertiary/aromatic N) is 7. The van der Waals surface area contributed by atoms with Crippen LogP contribution in [-0.4, -0.2) is 40.7 Å². The molecule has 0 aliphatic carbocycles. The quantitative estimate of drug-likeness (QED) is 0.716. The topological polar surface area (TPSA) is 64.7 Å². The van der Waals surface area contributed by atoms with Crippen molar-refractivity contribution >= 4 is 0 Å². The van der Waals surface area contributed by atoms with Gasteiger partial charge >= 0.3 is 0 Å². The predicted octanol–water partition coefficient (Wildman–Crippen LogP) is 0.934. The molecular weight excluding hydrogens is 278 g/mol. The van der Waals surface area contributed by atoms with Gasteiger partial charge in [-0.25, -0.2) is 14.6 Å². The van der Waals surface area contributed by atoms with Crippen molar-refractivity contribution in [2.24, 2.45) is 0 Å². The third kappa shape index (κ3) is 2.62. The van der Waals surface area contributed by atoms with Crippen molar-refractivity contribution in [3.8, 4) is 0 Å². The lowest BCUT2D eigenvalue weighted by atomic mass is 10.3. The van der Waals surface area contributed by atoms with E-state index >= 15 is 0 Å². The molecule has 0 radical (unpaired) electrons. The molecule has 4 rings (SSSR count). The summed E-state index contributed by atoms with van der Waals surface area (Å²) in [5, 5.41) is 4.16. The maximum atomic E-state index is 4.57. The second-order valence-electron chi connectivity index (χ2n) is 5.44. The molecule has 0 saturated carbocycles. The van der Waals surface area contributed by atoms with Crippen molar-refractivity contribution in [2.45, 2.75) is 26.2 Å². The first-order valence-corrected chi connectivity index (χ1v) is 7.36. The maximum Gasteiger partial charge on any atom is 0.137 e. The average Bonchev–Trinajstić information content (AvgIpc) is 3.19. The zero-order chi connectivity index (χ0) is 14.8. The lowest BCUT2D eigenvalue weighted by Crippen LogP contribution is -2.34. The number of rotatable bonds is 4. The van der Waals surface area contributed by atoms with E-state index in [-0.39, 0.29) is 0 Å². The van der Waals surface area contributed by atoms with Gasteiger partial charge in [-0.2, -0.15) is 5.10 Å². The highest BCUT2D eigenvalue weighted by Crippen LogP contribution is 2.16. The number of hydrogen-bond donors (Lipinski definition) is 0. The van der Waals surface area contributed by atoms with E-state index < -0.39 is 0 Å². The van der Waals surface area contributed by atoms with Crippen LogP contribution in [0.25, 0.3) is 0 Å². The summed E-state index contributed by atoms with van der Waals surface area (Å²) in [5.41, 5.74) is 2.28. The normalized spacial score (nSPS) is 14.9. The van der Waals surface area contributed by atoms with E-state index in [9.17, 15) is 0 Å². The molecule has 0 bridgehead atoms. The standard InChI is InChI=1S/C15H17N7/c1-2-4-17-13(3-1)8-20-5-6-22-14(7-18-15(22)10-20)9-21-12-16-11-19-21/h1-4,7,11-12H,5-6,8-10H2. The van der Waals surface area contributed by atoms with Crippen LogP contribution in [0.1, 0.15) is 17.2 Å². The van der Waals surface area contributed by atoms with Crippen LogP contribution in [0.4, 0.5) is 0 Å². The Kier molecular flexibility index (Phi) is 3.40. The fourth-order valence-electron chi connectivity index (χ4n) is 2.84. The number of pyridine rings is 1. The summed E-state index contributed by atoms with van der Waals surface area (Å²) in [6.07, 6.45) is 7.08. The van der Waals surface area contributed by atoms with E-state index in [0.29, 0.717) is 6.54 Å². The van der Waals surface area contributed by atoms with Gasteiger partial charge in [-0.15, -0.1) is 0 Å². The van der Waals surface area contributed by atoms with Crippen molar-refractivity contribution in [1.29, 1.82) is 0 Å². The first kappa shape index (κ1) is 13.1. The molecule has 0 aromatic carbocycles. The Morgan fingerprint density at radius 1 is 1.09 bits per heavy atom. The highest BCUT2D eigenvalue weighted by molar-refractivity contribution is 5.09. The molecule has 0 fully saturated rings. The molecular formula is C15H17N7. The molecule has 4 heterocycles. The summed E-state index contributed by atoms with van der Waals surface area (Å²) in [6.45, 7) is 4.39. The van der Waals surface area contributed by atoms with Crippen molar-refractivity contribution in [2.75, 3.05) is 6.54 Å². The summed E-state index contributed by atoms with van der Waals surface area (Å²) in [6, 6.07) is 6.05. The third-order valence-electron chi connectivity index (χ3n) is 3.93. The predicted molar refractivity (Wildman–Crippen MR) is 79.7 cm³/mol. The van der Waals surface area contributed by atoms with E-state index in [0.717, 1.165) is 37.7 Å². The fraction of sp³-hybridized carbons (Fsp3) is 0.333. The van der Waals surface area contributed by atoms with Gasteiger partial charge in [0, 0.05) is 25.8 Å². The van der Waals surface area contributed by atoms with Crippen LogP contribution in [0.3, 0.4) is 0 Å². The minimum atomic E-state index is 0.716. The van der Waals surface area contributed by atoms with E-state index in [2.05, 4.69) is 35.6 Å². The van der Waals surface area contributed by atoms with Gasteiger partial charge in [0.05, 0.1) is 30.7 Å². The minimum absolute atomic E-state index is 0.716. The molecule has 0 spiro atoms. The van der Waals surface area contributed by atoms with Crippen molar-refractivity contribution < 1.29 is 0 Å². The molecule has 0 unspecified atom stereocenters. The van der Waals surface area contributed by atoms with Crippen LogP contribution < -0.4 is 0 Å². The lowest BCUT2D eigenvalue weighted by molar-refractivity contribution is 0.204. The van der Waals surface area contributed by atoms with Crippen molar-refractivity contribution in [1.82, 2.24) is 34.2 Å². The molecule has 0 N–H and O–H groups in total. The first-order chi connectivity index (χ1) is 10.9. The van der Waals surface area contributed by atoms with E-state index in [1.807, 2.05) is 29.2 Å². The highest BCUT2D eigenvalue weighted by Gasteiger charge is 2.20. The van der Waals surface area contributed by atoms with Gasteiger partial charge in [0.15, 0.2) is 0 Å². The smallest absolute Gasteiger partial charge is 0.137 e. The number of imidazole rings is 1. The largest absolute Gasteiger partial charge is 0.328 e. The Morgan fingerprint density at radius 2 is 2.09 bits per heavy atom. The Bertz CT molecular complexity index is 733. The Morgan fingerprint density at radius 3 is 2.91 bits per heavy atom.